The van der Waals surface area contributed by atoms with Crippen LogP contribution in [0.25, 0.3) is 21.7 Å². The van der Waals surface area contributed by atoms with Crippen LogP contribution in [0.3, 0.4) is 0 Å². The maximum atomic E-state index is 13.3. The van der Waals surface area contributed by atoms with Crippen LogP contribution in [0.2, 0.25) is 0 Å². The van der Waals surface area contributed by atoms with Gasteiger partial charge in [0.15, 0.2) is 0 Å². The van der Waals surface area contributed by atoms with E-state index in [1.54, 1.807) is 0 Å². The first kappa shape index (κ1) is 11.8. The Balaban J connectivity index is 2.19. The summed E-state index contributed by atoms with van der Waals surface area (Å²) in [6.45, 7) is 0. The van der Waals surface area contributed by atoms with Gasteiger partial charge in [-0.3, -0.25) is 0 Å². The summed E-state index contributed by atoms with van der Waals surface area (Å²) in [5, 5.41) is 3.05. The third kappa shape index (κ3) is 1.56. The SMILES string of the molecule is FC(F)c1nc2c(ccc3ccccc32)c2c1CCC2. The third-order valence-corrected chi connectivity index (χ3v) is 4.19. The van der Waals surface area contributed by atoms with Crippen LogP contribution in [-0.4, -0.2) is 4.98 Å². The molecule has 2 aromatic carbocycles. The van der Waals surface area contributed by atoms with E-state index in [0.717, 1.165) is 52.1 Å². The summed E-state index contributed by atoms with van der Waals surface area (Å²) < 4.78 is 26.6. The van der Waals surface area contributed by atoms with Crippen molar-refractivity contribution in [2.24, 2.45) is 0 Å². The van der Waals surface area contributed by atoms with E-state index < -0.39 is 6.43 Å². The van der Waals surface area contributed by atoms with Gasteiger partial charge in [0.1, 0.15) is 5.69 Å². The molecule has 0 radical (unpaired) electrons. The van der Waals surface area contributed by atoms with Crippen LogP contribution in [0.4, 0.5) is 8.78 Å². The number of hydrogen-bond acceptors (Lipinski definition) is 1. The number of rotatable bonds is 1. The number of aryl methyl sites for hydroxylation is 1. The minimum Gasteiger partial charge on any atom is -0.246 e. The Bertz CT molecular complexity index is 824. The summed E-state index contributed by atoms with van der Waals surface area (Å²) in [4.78, 5) is 4.32. The minimum absolute atomic E-state index is 0.0126. The van der Waals surface area contributed by atoms with Crippen LogP contribution in [0.15, 0.2) is 36.4 Å². The smallest absolute Gasteiger partial charge is 0.246 e. The van der Waals surface area contributed by atoms with Gasteiger partial charge in [0.25, 0.3) is 6.43 Å². The highest BCUT2D eigenvalue weighted by Crippen LogP contribution is 2.37. The first-order valence-electron chi connectivity index (χ1n) is 6.87. The lowest BCUT2D eigenvalue weighted by Gasteiger charge is -2.12. The van der Waals surface area contributed by atoms with Gasteiger partial charge >= 0.3 is 0 Å². The fourth-order valence-electron chi connectivity index (χ4n) is 3.31. The molecule has 0 amide bonds. The molecule has 0 spiro atoms. The van der Waals surface area contributed by atoms with Gasteiger partial charge in [0, 0.05) is 10.8 Å². The number of aromatic nitrogens is 1. The zero-order valence-electron chi connectivity index (χ0n) is 10.9. The number of hydrogen-bond donors (Lipinski definition) is 0. The number of nitrogens with zero attached hydrogens (tertiary/aromatic N) is 1. The molecule has 0 atom stereocenters. The van der Waals surface area contributed by atoms with Crippen LogP contribution < -0.4 is 0 Å². The van der Waals surface area contributed by atoms with Gasteiger partial charge in [0.2, 0.25) is 0 Å². The molecule has 3 aromatic rings. The molecule has 100 valence electrons. The average Bonchev–Trinajstić information content (AvgIpc) is 2.95. The number of benzene rings is 2. The number of halogens is 2. The summed E-state index contributed by atoms with van der Waals surface area (Å²) in [5.41, 5.74) is 2.57. The van der Waals surface area contributed by atoms with E-state index in [0.29, 0.717) is 0 Å². The minimum atomic E-state index is -2.50. The van der Waals surface area contributed by atoms with Gasteiger partial charge < -0.3 is 0 Å². The van der Waals surface area contributed by atoms with Crippen LogP contribution in [0.1, 0.15) is 29.7 Å². The number of alkyl halides is 2. The summed E-state index contributed by atoms with van der Waals surface area (Å²) in [7, 11) is 0. The van der Waals surface area contributed by atoms with E-state index >= 15 is 0 Å². The number of pyridine rings is 1. The molecule has 0 saturated heterocycles. The monoisotopic (exact) mass is 269 g/mol. The Kier molecular flexibility index (Phi) is 2.49. The molecule has 1 aliphatic carbocycles. The molecule has 20 heavy (non-hydrogen) atoms. The first-order valence-corrected chi connectivity index (χ1v) is 6.87. The predicted octanol–water partition coefficient (Wildman–Crippen LogP) is 4.81. The van der Waals surface area contributed by atoms with Crippen LogP contribution in [0, 0.1) is 0 Å². The van der Waals surface area contributed by atoms with Crippen molar-refractivity contribution in [3.8, 4) is 0 Å². The zero-order chi connectivity index (χ0) is 13.7. The molecule has 1 heterocycles. The molecular weight excluding hydrogens is 256 g/mol. The summed E-state index contributed by atoms with van der Waals surface area (Å²) in [6.07, 6.45) is 0.0602. The Morgan fingerprint density at radius 1 is 0.900 bits per heavy atom. The van der Waals surface area contributed by atoms with E-state index in [1.807, 2.05) is 30.3 Å². The van der Waals surface area contributed by atoms with Gasteiger partial charge in [-0.1, -0.05) is 36.4 Å². The maximum Gasteiger partial charge on any atom is 0.280 e. The van der Waals surface area contributed by atoms with Crippen molar-refractivity contribution in [2.75, 3.05) is 0 Å². The van der Waals surface area contributed by atoms with E-state index in [9.17, 15) is 8.78 Å². The Morgan fingerprint density at radius 3 is 2.55 bits per heavy atom. The highest BCUT2D eigenvalue weighted by atomic mass is 19.3. The molecule has 0 saturated carbocycles. The third-order valence-electron chi connectivity index (χ3n) is 4.19. The highest BCUT2D eigenvalue weighted by Gasteiger charge is 2.24. The topological polar surface area (TPSA) is 12.9 Å². The highest BCUT2D eigenvalue weighted by molar-refractivity contribution is 6.06. The molecule has 0 N–H and O–H groups in total. The molecule has 0 bridgehead atoms. The van der Waals surface area contributed by atoms with E-state index in [4.69, 9.17) is 0 Å². The van der Waals surface area contributed by atoms with Crippen LogP contribution >= 0.6 is 0 Å². The lowest BCUT2D eigenvalue weighted by atomic mass is 9.99. The van der Waals surface area contributed by atoms with Crippen molar-refractivity contribution in [1.82, 2.24) is 4.98 Å². The fraction of sp³-hybridized carbons (Fsp3) is 0.235. The van der Waals surface area contributed by atoms with Crippen LogP contribution in [0.5, 0.6) is 0 Å². The Hall–Kier alpha value is -2.03. The molecule has 1 nitrogen and oxygen atoms in total. The summed E-state index contributed by atoms with van der Waals surface area (Å²) >= 11 is 0. The second kappa shape index (κ2) is 4.23. The van der Waals surface area contributed by atoms with Crippen molar-refractivity contribution in [2.45, 2.75) is 25.7 Å². The molecule has 1 aromatic heterocycles. The van der Waals surface area contributed by atoms with E-state index in [2.05, 4.69) is 11.1 Å². The lowest BCUT2D eigenvalue weighted by molar-refractivity contribution is 0.145. The van der Waals surface area contributed by atoms with Gasteiger partial charge in [-0.2, -0.15) is 0 Å². The molecule has 1 aliphatic rings. The van der Waals surface area contributed by atoms with Crippen molar-refractivity contribution >= 4 is 21.7 Å². The second-order valence-corrected chi connectivity index (χ2v) is 5.29. The standard InChI is InChI=1S/C17H13F2N/c18-17(19)16-13-7-3-6-12(13)14-9-8-10-4-1-2-5-11(10)15(14)20-16/h1-2,4-5,8-9,17H,3,6-7H2. The van der Waals surface area contributed by atoms with Crippen molar-refractivity contribution in [3.05, 3.63) is 53.2 Å². The van der Waals surface area contributed by atoms with E-state index in [-0.39, 0.29) is 5.69 Å². The Morgan fingerprint density at radius 2 is 1.70 bits per heavy atom. The predicted molar refractivity (Wildman–Crippen MR) is 76.2 cm³/mol. The van der Waals surface area contributed by atoms with Gasteiger partial charge in [-0.15, -0.1) is 0 Å². The van der Waals surface area contributed by atoms with Crippen LogP contribution in [-0.2, 0) is 12.8 Å². The molecular formula is C17H13F2N. The fourth-order valence-corrected chi connectivity index (χ4v) is 3.31. The van der Waals surface area contributed by atoms with E-state index in [1.165, 1.54) is 0 Å². The molecule has 3 heteroatoms. The van der Waals surface area contributed by atoms with Gasteiger partial charge in [0.05, 0.1) is 5.52 Å². The van der Waals surface area contributed by atoms with Crippen molar-refractivity contribution in [1.29, 1.82) is 0 Å². The average molecular weight is 269 g/mol. The maximum absolute atomic E-state index is 13.3. The lowest BCUT2D eigenvalue weighted by Crippen LogP contribution is -2.00. The normalized spacial score (nSPS) is 14.3. The molecule has 0 fully saturated rings. The van der Waals surface area contributed by atoms with Gasteiger partial charge in [-0.25, -0.2) is 13.8 Å². The zero-order valence-corrected chi connectivity index (χ0v) is 10.9. The van der Waals surface area contributed by atoms with Crippen molar-refractivity contribution < 1.29 is 8.78 Å². The quantitative estimate of drug-likeness (QED) is 0.577. The Labute approximate surface area is 115 Å². The summed E-state index contributed by atoms with van der Waals surface area (Å²) in [5.74, 6) is 0. The second-order valence-electron chi connectivity index (χ2n) is 5.29. The largest absolute Gasteiger partial charge is 0.280 e. The molecule has 0 aliphatic heterocycles. The molecule has 0 unspecified atom stereocenters. The number of fused-ring (bicyclic) bond motifs is 5. The van der Waals surface area contributed by atoms with Crippen molar-refractivity contribution in [3.63, 3.8) is 0 Å². The molecule has 4 rings (SSSR count). The first-order chi connectivity index (χ1) is 9.75. The summed E-state index contributed by atoms with van der Waals surface area (Å²) in [6, 6.07) is 11.9. The van der Waals surface area contributed by atoms with Gasteiger partial charge in [-0.05, 0) is 35.8 Å².